The Hall–Kier alpha value is -0.870. The Labute approximate surface area is 97.1 Å². The first-order valence-electron chi connectivity index (χ1n) is 6.16. The predicted molar refractivity (Wildman–Crippen MR) is 64.2 cm³/mol. The lowest BCUT2D eigenvalue weighted by atomic mass is 10.1. The number of hydrogen-bond acceptors (Lipinski definition) is 3. The lowest BCUT2D eigenvalue weighted by molar-refractivity contribution is -0.121. The fourth-order valence-electron chi connectivity index (χ4n) is 2.80. The zero-order valence-electron chi connectivity index (χ0n) is 9.74. The van der Waals surface area contributed by atoms with Crippen molar-refractivity contribution in [1.82, 2.24) is 15.5 Å². The Balaban J connectivity index is 1.72. The second kappa shape index (κ2) is 5.46. The average Bonchev–Trinajstić information content (AvgIpc) is 2.83. The third-order valence-corrected chi connectivity index (χ3v) is 3.53. The van der Waals surface area contributed by atoms with Crippen molar-refractivity contribution in [2.24, 2.45) is 0 Å². The maximum atomic E-state index is 11.6. The first-order valence-corrected chi connectivity index (χ1v) is 6.16. The highest BCUT2D eigenvalue weighted by molar-refractivity contribution is 5.78. The molecule has 0 spiro atoms. The summed E-state index contributed by atoms with van der Waals surface area (Å²) in [6.07, 6.45) is 5.40. The molecule has 2 aliphatic heterocycles. The molecule has 2 atom stereocenters. The first-order chi connectivity index (χ1) is 7.81. The summed E-state index contributed by atoms with van der Waals surface area (Å²) in [7, 11) is 0. The summed E-state index contributed by atoms with van der Waals surface area (Å²) >= 11 is 0. The molecular weight excluding hydrogens is 202 g/mol. The number of carbonyl (C=O) groups excluding carboxylic acids is 1. The molecule has 2 rings (SSSR count). The maximum absolute atomic E-state index is 11.6. The Morgan fingerprint density at radius 3 is 3.12 bits per heavy atom. The second-order valence-corrected chi connectivity index (χ2v) is 4.63. The van der Waals surface area contributed by atoms with Crippen LogP contribution in [-0.4, -0.2) is 49.1 Å². The molecule has 2 aliphatic rings. The average molecular weight is 223 g/mol. The third-order valence-electron chi connectivity index (χ3n) is 3.53. The molecule has 0 saturated carbocycles. The van der Waals surface area contributed by atoms with E-state index in [1.165, 1.54) is 19.4 Å². The van der Waals surface area contributed by atoms with Crippen molar-refractivity contribution in [1.29, 1.82) is 0 Å². The zero-order chi connectivity index (χ0) is 11.4. The quantitative estimate of drug-likeness (QED) is 0.514. The van der Waals surface area contributed by atoms with Crippen LogP contribution in [0.15, 0.2) is 12.7 Å². The summed E-state index contributed by atoms with van der Waals surface area (Å²) in [6.45, 7) is 7.05. The Morgan fingerprint density at radius 1 is 1.44 bits per heavy atom. The van der Waals surface area contributed by atoms with E-state index in [-0.39, 0.29) is 5.91 Å². The SMILES string of the molecule is C=CCNCC(=O)NC1CCN2CCCC12. The number of amides is 1. The minimum absolute atomic E-state index is 0.112. The molecule has 90 valence electrons. The van der Waals surface area contributed by atoms with Crippen LogP contribution in [0, 0.1) is 0 Å². The van der Waals surface area contributed by atoms with E-state index < -0.39 is 0 Å². The molecule has 2 N–H and O–H groups in total. The molecule has 2 fully saturated rings. The van der Waals surface area contributed by atoms with E-state index in [1.54, 1.807) is 6.08 Å². The minimum Gasteiger partial charge on any atom is -0.351 e. The molecule has 4 heteroatoms. The van der Waals surface area contributed by atoms with E-state index in [0.29, 0.717) is 25.2 Å². The second-order valence-electron chi connectivity index (χ2n) is 4.63. The van der Waals surface area contributed by atoms with Gasteiger partial charge < -0.3 is 10.6 Å². The van der Waals surface area contributed by atoms with E-state index in [1.807, 2.05) is 0 Å². The van der Waals surface area contributed by atoms with Crippen molar-refractivity contribution in [3.05, 3.63) is 12.7 Å². The van der Waals surface area contributed by atoms with E-state index in [0.717, 1.165) is 13.0 Å². The highest BCUT2D eigenvalue weighted by Crippen LogP contribution is 2.27. The zero-order valence-corrected chi connectivity index (χ0v) is 9.74. The molecule has 0 radical (unpaired) electrons. The van der Waals surface area contributed by atoms with Crippen LogP contribution in [0.1, 0.15) is 19.3 Å². The molecule has 0 aliphatic carbocycles. The van der Waals surface area contributed by atoms with Gasteiger partial charge in [0, 0.05) is 25.2 Å². The van der Waals surface area contributed by atoms with Gasteiger partial charge in [0.15, 0.2) is 0 Å². The van der Waals surface area contributed by atoms with Gasteiger partial charge in [0.1, 0.15) is 0 Å². The van der Waals surface area contributed by atoms with E-state index in [4.69, 9.17) is 0 Å². The lowest BCUT2D eigenvalue weighted by Crippen LogP contribution is -2.45. The van der Waals surface area contributed by atoms with Gasteiger partial charge in [-0.15, -0.1) is 6.58 Å². The topological polar surface area (TPSA) is 44.4 Å². The van der Waals surface area contributed by atoms with Gasteiger partial charge in [-0.2, -0.15) is 0 Å². The summed E-state index contributed by atoms with van der Waals surface area (Å²) in [4.78, 5) is 14.1. The number of fused-ring (bicyclic) bond motifs is 1. The maximum Gasteiger partial charge on any atom is 0.234 e. The fourth-order valence-corrected chi connectivity index (χ4v) is 2.80. The number of nitrogens with one attached hydrogen (secondary N) is 2. The largest absolute Gasteiger partial charge is 0.351 e. The molecule has 0 aromatic heterocycles. The molecule has 0 bridgehead atoms. The third kappa shape index (κ3) is 2.62. The van der Waals surface area contributed by atoms with Crippen molar-refractivity contribution in [2.75, 3.05) is 26.2 Å². The smallest absolute Gasteiger partial charge is 0.234 e. The molecule has 2 heterocycles. The van der Waals surface area contributed by atoms with Crippen LogP contribution in [0.5, 0.6) is 0 Å². The van der Waals surface area contributed by atoms with Crippen molar-refractivity contribution < 1.29 is 4.79 Å². The van der Waals surface area contributed by atoms with Crippen molar-refractivity contribution in [3.63, 3.8) is 0 Å². The summed E-state index contributed by atoms with van der Waals surface area (Å²) in [5.74, 6) is 0.112. The summed E-state index contributed by atoms with van der Waals surface area (Å²) in [5, 5.41) is 6.16. The van der Waals surface area contributed by atoms with Crippen LogP contribution in [0.2, 0.25) is 0 Å². The monoisotopic (exact) mass is 223 g/mol. The van der Waals surface area contributed by atoms with Gasteiger partial charge in [0.2, 0.25) is 5.91 Å². The Morgan fingerprint density at radius 2 is 2.31 bits per heavy atom. The highest BCUT2D eigenvalue weighted by Gasteiger charge is 2.37. The van der Waals surface area contributed by atoms with Gasteiger partial charge in [-0.1, -0.05) is 6.08 Å². The van der Waals surface area contributed by atoms with Crippen LogP contribution in [0.25, 0.3) is 0 Å². The van der Waals surface area contributed by atoms with Gasteiger partial charge >= 0.3 is 0 Å². The number of nitrogens with zero attached hydrogens (tertiary/aromatic N) is 1. The summed E-state index contributed by atoms with van der Waals surface area (Å²) in [6, 6.07) is 0.976. The summed E-state index contributed by atoms with van der Waals surface area (Å²) < 4.78 is 0. The van der Waals surface area contributed by atoms with Crippen LogP contribution < -0.4 is 10.6 Å². The first kappa shape index (κ1) is 11.6. The number of carbonyl (C=O) groups is 1. The van der Waals surface area contributed by atoms with Crippen LogP contribution in [0.4, 0.5) is 0 Å². The van der Waals surface area contributed by atoms with Crippen LogP contribution in [0.3, 0.4) is 0 Å². The molecule has 2 saturated heterocycles. The van der Waals surface area contributed by atoms with Gasteiger partial charge in [0.05, 0.1) is 6.54 Å². The Kier molecular flexibility index (Phi) is 3.96. The van der Waals surface area contributed by atoms with Crippen molar-refractivity contribution >= 4 is 5.91 Å². The molecule has 4 nitrogen and oxygen atoms in total. The van der Waals surface area contributed by atoms with E-state index >= 15 is 0 Å². The van der Waals surface area contributed by atoms with Crippen LogP contribution in [-0.2, 0) is 4.79 Å². The van der Waals surface area contributed by atoms with Crippen molar-refractivity contribution in [2.45, 2.75) is 31.3 Å². The fraction of sp³-hybridized carbons (Fsp3) is 0.750. The van der Waals surface area contributed by atoms with Gasteiger partial charge in [0.25, 0.3) is 0 Å². The van der Waals surface area contributed by atoms with Crippen molar-refractivity contribution in [3.8, 4) is 0 Å². The minimum atomic E-state index is 0.112. The normalized spacial score (nSPS) is 29.0. The van der Waals surface area contributed by atoms with E-state index in [9.17, 15) is 4.79 Å². The van der Waals surface area contributed by atoms with Gasteiger partial charge in [-0.3, -0.25) is 9.69 Å². The van der Waals surface area contributed by atoms with Crippen LogP contribution >= 0.6 is 0 Å². The van der Waals surface area contributed by atoms with Gasteiger partial charge in [-0.05, 0) is 25.8 Å². The molecule has 16 heavy (non-hydrogen) atoms. The molecule has 0 aromatic rings. The Bertz CT molecular complexity index is 267. The standard InChI is InChI=1S/C12H21N3O/c1-2-6-13-9-12(16)14-10-5-8-15-7-3-4-11(10)15/h2,10-11,13H,1,3-9H2,(H,14,16). The molecule has 2 unspecified atom stereocenters. The van der Waals surface area contributed by atoms with E-state index in [2.05, 4.69) is 22.1 Å². The highest BCUT2D eigenvalue weighted by atomic mass is 16.2. The lowest BCUT2D eigenvalue weighted by Gasteiger charge is -2.21. The predicted octanol–water partition coefficient (Wildman–Crippen LogP) is 0.115. The molecular formula is C12H21N3O. The molecule has 0 aromatic carbocycles. The molecule has 1 amide bonds. The number of rotatable bonds is 5. The number of hydrogen-bond donors (Lipinski definition) is 2. The van der Waals surface area contributed by atoms with Gasteiger partial charge in [-0.25, -0.2) is 0 Å². The summed E-state index contributed by atoms with van der Waals surface area (Å²) in [5.41, 5.74) is 0.